The lowest BCUT2D eigenvalue weighted by Gasteiger charge is -2.13. The average Bonchev–Trinajstić information content (AvgIpc) is 2.26. The second-order valence-electron chi connectivity index (χ2n) is 4.03. The summed E-state index contributed by atoms with van der Waals surface area (Å²) in [6.45, 7) is 8.19. The van der Waals surface area contributed by atoms with Crippen LogP contribution in [0.4, 0.5) is 0 Å². The minimum Gasteiger partial charge on any atom is -0.481 e. The van der Waals surface area contributed by atoms with Crippen molar-refractivity contribution in [1.82, 2.24) is 0 Å². The molecule has 3 nitrogen and oxygen atoms in total. The van der Waals surface area contributed by atoms with E-state index >= 15 is 0 Å². The molecule has 0 spiro atoms. The Morgan fingerprint density at radius 3 is 2.25 bits per heavy atom. The van der Waals surface area contributed by atoms with Crippen molar-refractivity contribution < 1.29 is 14.6 Å². The monoisotopic (exact) mass is 172 g/mol. The van der Waals surface area contributed by atoms with Crippen molar-refractivity contribution >= 4 is 5.97 Å². The van der Waals surface area contributed by atoms with E-state index in [2.05, 4.69) is 0 Å². The minimum absolute atomic E-state index is 0.227. The lowest BCUT2D eigenvalue weighted by Crippen LogP contribution is -2.18. The first-order valence-corrected chi connectivity index (χ1v) is 4.24. The number of ether oxygens (including phenoxy) is 1. The van der Waals surface area contributed by atoms with E-state index in [0.29, 0.717) is 6.61 Å². The smallest absolute Gasteiger partial charge is 0.310 e. The van der Waals surface area contributed by atoms with Gasteiger partial charge in [0.1, 0.15) is 0 Å². The molecule has 0 radical (unpaired) electrons. The van der Waals surface area contributed by atoms with E-state index in [4.69, 9.17) is 9.84 Å². The molecule has 0 heterocycles. The molecule has 1 saturated carbocycles. The van der Waals surface area contributed by atoms with Gasteiger partial charge in [0, 0.05) is 12.0 Å². The summed E-state index contributed by atoms with van der Waals surface area (Å²) in [5.74, 6) is -1.11. The molecule has 1 aliphatic carbocycles. The highest BCUT2D eigenvalue weighted by atomic mass is 16.5. The van der Waals surface area contributed by atoms with Crippen LogP contribution in [0.15, 0.2) is 0 Å². The van der Waals surface area contributed by atoms with E-state index in [-0.39, 0.29) is 11.3 Å². The Morgan fingerprint density at radius 1 is 1.50 bits per heavy atom. The summed E-state index contributed by atoms with van der Waals surface area (Å²) in [5, 5.41) is 8.87. The molecule has 0 aromatic carbocycles. The molecule has 0 amide bonds. The molecule has 12 heavy (non-hydrogen) atoms. The first-order chi connectivity index (χ1) is 5.38. The summed E-state index contributed by atoms with van der Waals surface area (Å²) in [6, 6.07) is 0. The highest BCUT2D eigenvalue weighted by molar-refractivity contribution is 5.77. The van der Waals surface area contributed by atoms with E-state index in [1.54, 1.807) is 0 Å². The van der Waals surface area contributed by atoms with Gasteiger partial charge in [-0.15, -0.1) is 0 Å². The van der Waals surface area contributed by atoms with Crippen LogP contribution in [-0.4, -0.2) is 23.3 Å². The predicted octanol–water partition coefficient (Wildman–Crippen LogP) is 1.52. The molecule has 0 aliphatic heterocycles. The van der Waals surface area contributed by atoms with Gasteiger partial charge >= 0.3 is 5.97 Å². The van der Waals surface area contributed by atoms with Crippen molar-refractivity contribution in [3.63, 3.8) is 0 Å². The Labute approximate surface area is 72.7 Å². The maximum Gasteiger partial charge on any atom is 0.310 e. The molecule has 1 N–H and O–H groups in total. The van der Waals surface area contributed by atoms with Crippen LogP contribution in [0.3, 0.4) is 0 Å². The summed E-state index contributed by atoms with van der Waals surface area (Å²) in [7, 11) is 0. The SMILES string of the molecule is CCOC1(C)C(C(=O)O)C1(C)C. The molecule has 0 bridgehead atoms. The highest BCUT2D eigenvalue weighted by Gasteiger charge is 2.73. The Hall–Kier alpha value is -0.570. The number of hydrogen-bond acceptors (Lipinski definition) is 2. The van der Waals surface area contributed by atoms with Crippen molar-refractivity contribution in [2.45, 2.75) is 33.3 Å². The van der Waals surface area contributed by atoms with Gasteiger partial charge < -0.3 is 9.84 Å². The molecule has 0 saturated heterocycles. The van der Waals surface area contributed by atoms with Gasteiger partial charge in [0.15, 0.2) is 0 Å². The van der Waals surface area contributed by atoms with E-state index in [9.17, 15) is 4.79 Å². The maximum absolute atomic E-state index is 10.8. The van der Waals surface area contributed by atoms with Crippen molar-refractivity contribution in [3.05, 3.63) is 0 Å². The lowest BCUT2D eigenvalue weighted by atomic mass is 10.1. The molecule has 1 fully saturated rings. The van der Waals surface area contributed by atoms with Crippen LogP contribution in [0.1, 0.15) is 27.7 Å². The number of rotatable bonds is 3. The van der Waals surface area contributed by atoms with E-state index in [0.717, 1.165) is 0 Å². The molecule has 0 aromatic rings. The number of hydrogen-bond donors (Lipinski definition) is 1. The standard InChI is InChI=1S/C9H16O3/c1-5-12-9(4)6(7(10)11)8(9,2)3/h6H,5H2,1-4H3,(H,10,11). The van der Waals surface area contributed by atoms with Crippen LogP contribution >= 0.6 is 0 Å². The summed E-state index contributed by atoms with van der Waals surface area (Å²) in [4.78, 5) is 10.8. The van der Waals surface area contributed by atoms with Crippen LogP contribution < -0.4 is 0 Å². The number of carboxylic acid groups (broad SMARTS) is 1. The quantitative estimate of drug-likeness (QED) is 0.702. The zero-order valence-electron chi connectivity index (χ0n) is 8.05. The van der Waals surface area contributed by atoms with Gasteiger partial charge in [0.2, 0.25) is 0 Å². The summed E-state index contributed by atoms with van der Waals surface area (Å²) in [5.41, 5.74) is -0.692. The first-order valence-electron chi connectivity index (χ1n) is 4.24. The van der Waals surface area contributed by atoms with E-state index in [1.807, 2.05) is 27.7 Å². The van der Waals surface area contributed by atoms with Gasteiger partial charge in [-0.2, -0.15) is 0 Å². The van der Waals surface area contributed by atoms with Crippen molar-refractivity contribution in [3.8, 4) is 0 Å². The molecular formula is C9H16O3. The van der Waals surface area contributed by atoms with Crippen molar-refractivity contribution in [2.75, 3.05) is 6.61 Å². The topological polar surface area (TPSA) is 46.5 Å². The third-order valence-corrected chi connectivity index (χ3v) is 3.16. The Balaban J connectivity index is 2.76. The van der Waals surface area contributed by atoms with Crippen molar-refractivity contribution in [2.24, 2.45) is 11.3 Å². The third-order valence-electron chi connectivity index (χ3n) is 3.16. The summed E-state index contributed by atoms with van der Waals surface area (Å²) >= 11 is 0. The number of carbonyl (C=O) groups is 1. The van der Waals surface area contributed by atoms with Crippen LogP contribution in [-0.2, 0) is 9.53 Å². The fraction of sp³-hybridized carbons (Fsp3) is 0.889. The Morgan fingerprint density at radius 2 is 2.00 bits per heavy atom. The molecule has 1 rings (SSSR count). The average molecular weight is 172 g/mol. The lowest BCUT2D eigenvalue weighted by molar-refractivity contribution is -0.141. The molecular weight excluding hydrogens is 156 g/mol. The normalized spacial score (nSPS) is 37.8. The molecule has 2 unspecified atom stereocenters. The van der Waals surface area contributed by atoms with Crippen LogP contribution in [0.2, 0.25) is 0 Å². The molecule has 70 valence electrons. The Kier molecular flexibility index (Phi) is 1.95. The van der Waals surface area contributed by atoms with Gasteiger partial charge in [-0.1, -0.05) is 13.8 Å². The second-order valence-corrected chi connectivity index (χ2v) is 4.03. The minimum atomic E-state index is -0.754. The molecule has 1 aliphatic rings. The molecule has 3 heteroatoms. The molecule has 2 atom stereocenters. The summed E-state index contributed by atoms with van der Waals surface area (Å²) < 4.78 is 5.45. The highest BCUT2D eigenvalue weighted by Crippen LogP contribution is 2.63. The van der Waals surface area contributed by atoms with Gasteiger partial charge in [-0.25, -0.2) is 0 Å². The van der Waals surface area contributed by atoms with Crippen LogP contribution in [0.25, 0.3) is 0 Å². The first kappa shape index (κ1) is 9.52. The van der Waals surface area contributed by atoms with Crippen molar-refractivity contribution in [1.29, 1.82) is 0 Å². The largest absolute Gasteiger partial charge is 0.481 e. The zero-order chi connectivity index (χ0) is 9.57. The zero-order valence-corrected chi connectivity index (χ0v) is 8.05. The van der Waals surface area contributed by atoms with Gasteiger partial charge in [0.05, 0.1) is 11.5 Å². The van der Waals surface area contributed by atoms with Gasteiger partial charge in [-0.05, 0) is 13.8 Å². The second kappa shape index (κ2) is 2.46. The molecule has 0 aromatic heterocycles. The predicted molar refractivity (Wildman–Crippen MR) is 44.9 cm³/mol. The van der Waals surface area contributed by atoms with E-state index in [1.165, 1.54) is 0 Å². The van der Waals surface area contributed by atoms with Crippen LogP contribution in [0, 0.1) is 11.3 Å². The number of aliphatic carboxylic acids is 1. The number of carboxylic acids is 1. The van der Waals surface area contributed by atoms with E-state index < -0.39 is 11.6 Å². The van der Waals surface area contributed by atoms with Gasteiger partial charge in [0.25, 0.3) is 0 Å². The van der Waals surface area contributed by atoms with Gasteiger partial charge in [-0.3, -0.25) is 4.79 Å². The fourth-order valence-corrected chi connectivity index (χ4v) is 2.05. The fourth-order valence-electron chi connectivity index (χ4n) is 2.05. The summed E-state index contributed by atoms with van der Waals surface area (Å²) in [6.07, 6.45) is 0. The van der Waals surface area contributed by atoms with Crippen LogP contribution in [0.5, 0.6) is 0 Å². The Bertz CT molecular complexity index is 210. The third kappa shape index (κ3) is 0.959. The maximum atomic E-state index is 10.8.